The van der Waals surface area contributed by atoms with E-state index in [4.69, 9.17) is 8.83 Å². The van der Waals surface area contributed by atoms with Gasteiger partial charge in [-0.15, -0.1) is 0 Å². The Kier molecular flexibility index (Phi) is 5.45. The standard InChI is InChI=1S/C24H22N4O3S/c1-16-7-8-18(13-17(16)2)27-10-9-25-24(27)32-15-23(29)28-20(22-6-4-12-31-22)14-19(26-28)21-5-3-11-30-21/h3-13,20H,14-15H2,1-2H3. The first-order valence-electron chi connectivity index (χ1n) is 10.3. The molecule has 0 saturated heterocycles. The highest BCUT2D eigenvalue weighted by molar-refractivity contribution is 7.99. The van der Waals surface area contributed by atoms with Crippen LogP contribution in [0.25, 0.3) is 5.69 Å². The number of carbonyl (C=O) groups is 1. The number of thioether (sulfide) groups is 1. The third-order valence-electron chi connectivity index (χ3n) is 5.54. The molecule has 0 spiro atoms. The van der Waals surface area contributed by atoms with E-state index in [-0.39, 0.29) is 17.7 Å². The maximum Gasteiger partial charge on any atom is 0.253 e. The van der Waals surface area contributed by atoms with Gasteiger partial charge in [0.25, 0.3) is 5.91 Å². The number of hydrogen-bond acceptors (Lipinski definition) is 6. The zero-order chi connectivity index (χ0) is 22.1. The highest BCUT2D eigenvalue weighted by atomic mass is 32.2. The van der Waals surface area contributed by atoms with Crippen LogP contribution in [0.3, 0.4) is 0 Å². The Balaban J connectivity index is 1.35. The average Bonchev–Trinajstić information content (AvgIpc) is 3.60. The van der Waals surface area contributed by atoms with Crippen LogP contribution < -0.4 is 0 Å². The van der Waals surface area contributed by atoms with Gasteiger partial charge >= 0.3 is 0 Å². The lowest BCUT2D eigenvalue weighted by molar-refractivity contribution is -0.130. The summed E-state index contributed by atoms with van der Waals surface area (Å²) < 4.78 is 13.1. The SMILES string of the molecule is Cc1ccc(-n2ccnc2SCC(=O)N2N=C(c3ccco3)CC2c2ccco2)cc1C. The topological polar surface area (TPSA) is 76.8 Å². The molecule has 7 nitrogen and oxygen atoms in total. The van der Waals surface area contributed by atoms with E-state index in [1.807, 2.05) is 35.0 Å². The van der Waals surface area contributed by atoms with Gasteiger partial charge in [-0.3, -0.25) is 9.36 Å². The van der Waals surface area contributed by atoms with Crippen molar-refractivity contribution in [2.45, 2.75) is 31.5 Å². The summed E-state index contributed by atoms with van der Waals surface area (Å²) in [5.74, 6) is 1.45. The Labute approximate surface area is 189 Å². The summed E-state index contributed by atoms with van der Waals surface area (Å²) in [6, 6.07) is 13.3. The fraction of sp³-hybridized carbons (Fsp3) is 0.208. The predicted octanol–water partition coefficient (Wildman–Crippen LogP) is 5.15. The van der Waals surface area contributed by atoms with Crippen LogP contribution in [-0.4, -0.2) is 31.9 Å². The first-order chi connectivity index (χ1) is 15.6. The molecule has 162 valence electrons. The van der Waals surface area contributed by atoms with Gasteiger partial charge in [0, 0.05) is 24.5 Å². The van der Waals surface area contributed by atoms with Crippen LogP contribution in [0.15, 0.2) is 86.5 Å². The number of rotatable bonds is 6. The number of amides is 1. The summed E-state index contributed by atoms with van der Waals surface area (Å²) in [5.41, 5.74) is 4.20. The molecule has 1 aliphatic rings. The van der Waals surface area contributed by atoms with E-state index >= 15 is 0 Å². The molecular formula is C24H22N4O3S. The fourth-order valence-corrected chi connectivity index (χ4v) is 4.52. The van der Waals surface area contributed by atoms with E-state index in [2.05, 4.69) is 42.1 Å². The van der Waals surface area contributed by atoms with Gasteiger partial charge in [-0.2, -0.15) is 5.10 Å². The average molecular weight is 447 g/mol. The monoisotopic (exact) mass is 446 g/mol. The normalized spacial score (nSPS) is 15.9. The summed E-state index contributed by atoms with van der Waals surface area (Å²) in [6.45, 7) is 4.17. The minimum absolute atomic E-state index is 0.118. The minimum atomic E-state index is -0.294. The third-order valence-corrected chi connectivity index (χ3v) is 6.49. The van der Waals surface area contributed by atoms with Crippen LogP contribution in [0.2, 0.25) is 0 Å². The smallest absolute Gasteiger partial charge is 0.253 e. The lowest BCUT2D eigenvalue weighted by Crippen LogP contribution is -2.28. The lowest BCUT2D eigenvalue weighted by atomic mass is 10.1. The summed E-state index contributed by atoms with van der Waals surface area (Å²) in [6.07, 6.45) is 7.40. The van der Waals surface area contributed by atoms with Gasteiger partial charge in [-0.25, -0.2) is 9.99 Å². The molecule has 32 heavy (non-hydrogen) atoms. The molecular weight excluding hydrogens is 424 g/mol. The number of furan rings is 2. The van der Waals surface area contributed by atoms with Crippen LogP contribution in [0.5, 0.6) is 0 Å². The van der Waals surface area contributed by atoms with Gasteiger partial charge in [-0.05, 0) is 61.4 Å². The molecule has 0 aliphatic carbocycles. The molecule has 1 amide bonds. The Morgan fingerprint density at radius 3 is 2.72 bits per heavy atom. The second-order valence-corrected chi connectivity index (χ2v) is 8.58. The first-order valence-corrected chi connectivity index (χ1v) is 11.3. The molecule has 1 unspecified atom stereocenters. The molecule has 0 bridgehead atoms. The Morgan fingerprint density at radius 2 is 1.97 bits per heavy atom. The Hall–Kier alpha value is -3.52. The highest BCUT2D eigenvalue weighted by Crippen LogP contribution is 2.34. The molecule has 8 heteroatoms. The number of carbonyl (C=O) groups excluding carboxylic acids is 1. The molecule has 4 aromatic rings. The van der Waals surface area contributed by atoms with Crippen molar-refractivity contribution < 1.29 is 13.6 Å². The van der Waals surface area contributed by atoms with Crippen molar-refractivity contribution in [2.75, 3.05) is 5.75 Å². The number of benzene rings is 1. The van der Waals surface area contributed by atoms with Crippen molar-refractivity contribution in [3.05, 3.63) is 90.0 Å². The Morgan fingerprint density at radius 1 is 1.12 bits per heavy atom. The minimum Gasteiger partial charge on any atom is -0.467 e. The first kappa shape index (κ1) is 20.4. The molecule has 1 aliphatic heterocycles. The van der Waals surface area contributed by atoms with E-state index in [1.165, 1.54) is 27.9 Å². The van der Waals surface area contributed by atoms with Crippen LogP contribution in [0, 0.1) is 13.8 Å². The highest BCUT2D eigenvalue weighted by Gasteiger charge is 2.35. The maximum atomic E-state index is 13.2. The summed E-state index contributed by atoms with van der Waals surface area (Å²) in [7, 11) is 0. The van der Waals surface area contributed by atoms with Crippen molar-refractivity contribution in [3.8, 4) is 5.69 Å². The number of aromatic nitrogens is 2. The lowest BCUT2D eigenvalue weighted by Gasteiger charge is -2.19. The molecule has 0 fully saturated rings. The van der Waals surface area contributed by atoms with Crippen LogP contribution in [0.1, 0.15) is 35.1 Å². The molecule has 1 atom stereocenters. The third kappa shape index (κ3) is 3.89. The van der Waals surface area contributed by atoms with Gasteiger partial charge in [0.1, 0.15) is 23.3 Å². The number of nitrogens with zero attached hydrogens (tertiary/aromatic N) is 4. The number of aryl methyl sites for hydroxylation is 2. The second-order valence-electron chi connectivity index (χ2n) is 7.63. The molecule has 1 aromatic carbocycles. The van der Waals surface area contributed by atoms with Crippen molar-refractivity contribution in [1.29, 1.82) is 0 Å². The molecule has 5 rings (SSSR count). The Bertz CT molecular complexity index is 1260. The largest absolute Gasteiger partial charge is 0.467 e. The van der Waals surface area contributed by atoms with E-state index < -0.39 is 0 Å². The zero-order valence-electron chi connectivity index (χ0n) is 17.8. The summed E-state index contributed by atoms with van der Waals surface area (Å²) >= 11 is 1.39. The van der Waals surface area contributed by atoms with Gasteiger partial charge in [-0.1, -0.05) is 17.8 Å². The van der Waals surface area contributed by atoms with E-state index in [9.17, 15) is 4.79 Å². The van der Waals surface area contributed by atoms with Crippen LogP contribution >= 0.6 is 11.8 Å². The molecule has 0 radical (unpaired) electrons. The number of hydrogen-bond donors (Lipinski definition) is 0. The fourth-order valence-electron chi connectivity index (χ4n) is 3.70. The van der Waals surface area contributed by atoms with Gasteiger partial charge in [0.15, 0.2) is 5.16 Å². The van der Waals surface area contributed by atoms with Crippen molar-refractivity contribution in [1.82, 2.24) is 14.6 Å². The van der Waals surface area contributed by atoms with E-state index in [1.54, 1.807) is 18.7 Å². The van der Waals surface area contributed by atoms with Gasteiger partial charge in [0.05, 0.1) is 18.3 Å². The van der Waals surface area contributed by atoms with Crippen molar-refractivity contribution >= 4 is 23.4 Å². The van der Waals surface area contributed by atoms with Crippen molar-refractivity contribution in [3.63, 3.8) is 0 Å². The number of hydrazone groups is 1. The second kappa shape index (κ2) is 8.55. The zero-order valence-corrected chi connectivity index (χ0v) is 18.6. The molecule has 0 saturated carbocycles. The van der Waals surface area contributed by atoms with Crippen LogP contribution in [-0.2, 0) is 4.79 Å². The van der Waals surface area contributed by atoms with E-state index in [0.29, 0.717) is 17.9 Å². The van der Waals surface area contributed by atoms with Gasteiger partial charge in [0.2, 0.25) is 0 Å². The predicted molar refractivity (Wildman–Crippen MR) is 122 cm³/mol. The molecule has 0 N–H and O–H groups in total. The number of imidazole rings is 1. The summed E-state index contributed by atoms with van der Waals surface area (Å²) in [5, 5.41) is 6.84. The summed E-state index contributed by atoms with van der Waals surface area (Å²) in [4.78, 5) is 17.7. The van der Waals surface area contributed by atoms with E-state index in [0.717, 1.165) is 16.6 Å². The molecule has 4 heterocycles. The quantitative estimate of drug-likeness (QED) is 0.383. The van der Waals surface area contributed by atoms with Crippen molar-refractivity contribution in [2.24, 2.45) is 5.10 Å². The molecule has 3 aromatic heterocycles. The maximum absolute atomic E-state index is 13.2. The van der Waals surface area contributed by atoms with Crippen LogP contribution in [0.4, 0.5) is 0 Å². The van der Waals surface area contributed by atoms with Gasteiger partial charge < -0.3 is 8.83 Å².